The Kier molecular flexibility index (Phi) is 57.2. The fourth-order valence-corrected chi connectivity index (χ4v) is 24.2. The summed E-state index contributed by atoms with van der Waals surface area (Å²) in [6.45, 7) is 119. The normalized spacial score (nSPS) is 13.3. The Bertz CT molecular complexity index is 3390. The van der Waals surface area contributed by atoms with Gasteiger partial charge in [0.15, 0.2) is 0 Å². The largest absolute Gasteiger partial charge is 0.493 e. The molecule has 0 heterocycles. The molecule has 20 heteroatoms. The summed E-state index contributed by atoms with van der Waals surface area (Å²) in [4.78, 5) is 0. The van der Waals surface area contributed by atoms with Crippen LogP contribution in [0, 0.1) is 0 Å². The molecule has 0 amide bonds. The second-order valence-corrected chi connectivity index (χ2v) is 43.4. The molecule has 0 unspecified atom stereocenters. The quantitative estimate of drug-likeness (QED) is 0.0272. The van der Waals surface area contributed by atoms with Gasteiger partial charge >= 0.3 is 0 Å². The van der Waals surface area contributed by atoms with Crippen LogP contribution < -0.4 is 47.4 Å². The van der Waals surface area contributed by atoms with Gasteiger partial charge in [0.1, 0.15) is 57.5 Å². The number of benzene rings is 5. The van der Waals surface area contributed by atoms with E-state index in [0.29, 0.717) is 98.2 Å². The van der Waals surface area contributed by atoms with Crippen LogP contribution in [0.15, 0.2) is 60.7 Å². The highest BCUT2D eigenvalue weighted by Gasteiger charge is 2.34. The Labute approximate surface area is 892 Å². The zero-order chi connectivity index (χ0) is 107. The van der Waals surface area contributed by atoms with Crippen molar-refractivity contribution >= 4 is 0 Å². The SMILES string of the molecule is CC[N+](CC)(CC)CCCOc1cc2c(OCCC[N+](CC)(CC)CC)cc1Cc1cc(OCCC[N+](CC)(CC)CC)c(cc1OCCC[N+](CC)(CC)CC)Cc1cc(OCCC[N+](CC)(CC)CC)c(cc1OCCC[N+](CC)(CC)CC)Cc1cc(OCCC[N+](CC)(CC)CC)c(cc1OCCC[N+](CC)(CC)CC)Cc1cc(OCCC[N+](CC)(CC)CC)c(cc1OCCC[N+](CC)(CC)CC)C2. The topological polar surface area (TPSA) is 92.3 Å². The Hall–Kier alpha value is -6.30. The summed E-state index contributed by atoms with van der Waals surface area (Å²) in [5.41, 5.74) is 10.6. The van der Waals surface area contributed by atoms with Crippen LogP contribution in [0.5, 0.6) is 57.5 Å². The summed E-state index contributed by atoms with van der Waals surface area (Å²) in [5, 5.41) is 0. The molecule has 145 heavy (non-hydrogen) atoms. The van der Waals surface area contributed by atoms with Gasteiger partial charge in [-0.05, 0) is 268 Å². The van der Waals surface area contributed by atoms with Gasteiger partial charge in [-0.1, -0.05) is 0 Å². The van der Waals surface area contributed by atoms with Crippen LogP contribution in [0.25, 0.3) is 0 Å². The molecule has 10 bridgehead atoms. The zero-order valence-electron chi connectivity index (χ0n) is 100. The van der Waals surface area contributed by atoms with Gasteiger partial charge in [0.05, 0.1) is 328 Å². The monoisotopic (exact) mass is 2030 g/mol. The van der Waals surface area contributed by atoms with Crippen LogP contribution in [-0.4, -0.2) is 373 Å². The molecule has 0 saturated heterocycles. The summed E-state index contributed by atoms with van der Waals surface area (Å²) in [7, 11) is 0. The van der Waals surface area contributed by atoms with E-state index in [4.69, 9.17) is 47.4 Å². The number of ether oxygens (including phenoxy) is 10. The highest BCUT2D eigenvalue weighted by atomic mass is 16.5. The van der Waals surface area contributed by atoms with Crippen molar-refractivity contribution in [2.45, 2.75) is 304 Å². The second-order valence-electron chi connectivity index (χ2n) is 43.4. The van der Waals surface area contributed by atoms with Crippen molar-refractivity contribution < 1.29 is 92.2 Å². The minimum Gasteiger partial charge on any atom is -0.493 e. The lowest BCUT2D eigenvalue weighted by Gasteiger charge is -2.36. The number of hydrogen-bond donors (Lipinski definition) is 0. The van der Waals surface area contributed by atoms with E-state index in [2.05, 4.69) is 268 Å². The van der Waals surface area contributed by atoms with Crippen molar-refractivity contribution in [3.8, 4) is 57.5 Å². The first-order valence-corrected chi connectivity index (χ1v) is 60.6. The van der Waals surface area contributed by atoms with Crippen LogP contribution in [0.1, 0.15) is 328 Å². The number of hydrogen-bond acceptors (Lipinski definition) is 10. The average Bonchev–Trinajstić information content (AvgIpc) is 1.51. The van der Waals surface area contributed by atoms with E-state index in [-0.39, 0.29) is 0 Å². The van der Waals surface area contributed by atoms with Gasteiger partial charge in [0.2, 0.25) is 0 Å². The average molecular weight is 2030 g/mol. The van der Waals surface area contributed by atoms with Crippen LogP contribution in [0.3, 0.4) is 0 Å². The molecule has 0 N–H and O–H groups in total. The van der Waals surface area contributed by atoms with Gasteiger partial charge in [-0.3, -0.25) is 0 Å². The summed E-state index contributed by atoms with van der Waals surface area (Å²) >= 11 is 0. The maximum absolute atomic E-state index is 7.66. The molecule has 10 aliphatic carbocycles. The van der Waals surface area contributed by atoms with Crippen molar-refractivity contribution in [2.75, 3.05) is 328 Å². The maximum Gasteiger partial charge on any atom is 0.123 e. The molecular weight excluding hydrogens is 1800 g/mol. The predicted octanol–water partition coefficient (Wildman–Crippen LogP) is 24.4. The lowest BCUT2D eigenvalue weighted by atomic mass is 9.94. The fraction of sp³-hybridized carbons (Fsp3) is 0.760. The third-order valence-corrected chi connectivity index (χ3v) is 38.6. The molecule has 0 radical (unpaired) electrons. The summed E-state index contributed by atoms with van der Waals surface area (Å²) < 4.78 is 87.0. The second kappa shape index (κ2) is 65.2. The van der Waals surface area contributed by atoms with Gasteiger partial charge in [0, 0.05) is 152 Å². The summed E-state index contributed by atoms with van der Waals surface area (Å²) in [6, 6.07) is 23.9. The van der Waals surface area contributed by atoms with E-state index in [1.807, 2.05) is 0 Å². The summed E-state index contributed by atoms with van der Waals surface area (Å²) in [6.07, 6.45) is 11.6. The van der Waals surface area contributed by atoms with Crippen LogP contribution in [0.2, 0.25) is 0 Å². The van der Waals surface area contributed by atoms with E-state index in [1.165, 1.54) is 0 Å². The van der Waals surface area contributed by atoms with E-state index in [0.717, 1.165) is 484 Å². The van der Waals surface area contributed by atoms with Crippen molar-refractivity contribution in [3.05, 3.63) is 116 Å². The molecule has 0 spiro atoms. The molecule has 830 valence electrons. The lowest BCUT2D eigenvalue weighted by Crippen LogP contribution is -2.48. The van der Waals surface area contributed by atoms with Crippen LogP contribution >= 0.6 is 0 Å². The molecule has 0 aliphatic heterocycles. The first kappa shape index (κ1) is 127. The van der Waals surface area contributed by atoms with Gasteiger partial charge in [0.25, 0.3) is 0 Å². The summed E-state index contributed by atoms with van der Waals surface area (Å²) in [5.74, 6) is 8.67. The standard InChI is InChI=1S/C125H230N10O10/c1-31-126(32-2,33-3)71-61-81-136-116-96-107-92-109-99-121(141-86-66-76-131(46-16,47-17)48-18)111(101-120(109)140-85-65-75-130(43-13,44-14)45-15)94-113-103-125(145-90-70-80-135(58-28,59-29)60-30)115(105-124(113)144-89-69-79-134(55-25,56-26)57-27)95-114-104-122(142-87-67-77-132(49-19,50-20)51-21)112(102-123(114)143-88-68-78-133(52-22,53-23)54-24)93-110-100-118(138-83-63-73-128(37-7,38-8)39-9)108(98-119(110)139-84-64-74-129(40-10,41-11)42-12)91-106(116)97-117(107)137-82-62-72-127(34-4,35-5)36-6/h96-105H,31-95H2,1-30H3/q+10. The molecule has 0 aromatic heterocycles. The highest BCUT2D eigenvalue weighted by Crippen LogP contribution is 2.45. The number of rotatable bonds is 80. The Morgan fingerprint density at radius 1 is 0.124 bits per heavy atom. The molecule has 15 rings (SSSR count). The highest BCUT2D eigenvalue weighted by molar-refractivity contribution is 5.60. The number of quaternary nitrogens is 10. The number of nitrogens with zero attached hydrogens (tertiary/aromatic N) is 10. The Morgan fingerprint density at radius 3 is 0.255 bits per heavy atom. The molecule has 5 aromatic carbocycles. The van der Waals surface area contributed by atoms with Crippen LogP contribution in [0.4, 0.5) is 0 Å². The van der Waals surface area contributed by atoms with E-state index in [1.54, 1.807) is 0 Å². The first-order valence-electron chi connectivity index (χ1n) is 60.6. The molecule has 0 fully saturated rings. The van der Waals surface area contributed by atoms with Gasteiger partial charge in [-0.15, -0.1) is 0 Å². The zero-order valence-corrected chi connectivity index (χ0v) is 100. The van der Waals surface area contributed by atoms with Crippen molar-refractivity contribution in [1.82, 2.24) is 0 Å². The van der Waals surface area contributed by atoms with Crippen LogP contribution in [-0.2, 0) is 32.1 Å². The lowest BCUT2D eigenvalue weighted by molar-refractivity contribution is -0.923. The minimum atomic E-state index is 0.507. The minimum absolute atomic E-state index is 0.507. The van der Waals surface area contributed by atoms with Gasteiger partial charge < -0.3 is 92.2 Å². The molecule has 0 atom stereocenters. The van der Waals surface area contributed by atoms with Crippen molar-refractivity contribution in [3.63, 3.8) is 0 Å². The van der Waals surface area contributed by atoms with Gasteiger partial charge in [-0.25, -0.2) is 0 Å². The smallest absolute Gasteiger partial charge is 0.123 e. The molecule has 20 nitrogen and oxygen atoms in total. The predicted molar refractivity (Wildman–Crippen MR) is 615 cm³/mol. The Morgan fingerprint density at radius 2 is 0.193 bits per heavy atom. The molecular formula is C125H230N10O10+10. The van der Waals surface area contributed by atoms with E-state index >= 15 is 0 Å². The third-order valence-electron chi connectivity index (χ3n) is 38.6. The van der Waals surface area contributed by atoms with Gasteiger partial charge in [-0.2, -0.15) is 0 Å². The van der Waals surface area contributed by atoms with E-state index < -0.39 is 0 Å². The first-order chi connectivity index (χ1) is 70.0. The molecule has 10 aliphatic rings. The van der Waals surface area contributed by atoms with Crippen molar-refractivity contribution in [2.24, 2.45) is 0 Å². The fourth-order valence-electron chi connectivity index (χ4n) is 24.2. The molecule has 5 aromatic rings. The molecule has 0 saturated carbocycles. The maximum atomic E-state index is 7.66. The third kappa shape index (κ3) is 36.5. The van der Waals surface area contributed by atoms with E-state index in [9.17, 15) is 0 Å². The Balaban J connectivity index is 2.00. The van der Waals surface area contributed by atoms with Crippen molar-refractivity contribution in [1.29, 1.82) is 0 Å².